The maximum Gasteiger partial charge on any atom is 0.236 e. The molecule has 0 aromatic carbocycles. The van der Waals surface area contributed by atoms with Crippen LogP contribution in [0.4, 0.5) is 0 Å². The molecule has 2 aliphatic rings. The van der Waals surface area contributed by atoms with Crippen LogP contribution in [0.25, 0.3) is 5.65 Å². The Bertz CT molecular complexity index is 665. The van der Waals surface area contributed by atoms with E-state index in [1.54, 1.807) is 0 Å². The maximum absolute atomic E-state index is 12.2. The van der Waals surface area contributed by atoms with Gasteiger partial charge in [-0.25, -0.2) is 4.98 Å². The third-order valence-electron chi connectivity index (χ3n) is 5.08. The molecule has 6 heteroatoms. The summed E-state index contributed by atoms with van der Waals surface area (Å²) in [7, 11) is 0. The second-order valence-corrected chi connectivity index (χ2v) is 6.84. The third kappa shape index (κ3) is 3.44. The van der Waals surface area contributed by atoms with Crippen LogP contribution in [-0.2, 0) is 11.3 Å². The van der Waals surface area contributed by atoms with Crippen molar-refractivity contribution in [2.24, 2.45) is 0 Å². The molecule has 0 unspecified atom stereocenters. The average molecular weight is 327 g/mol. The van der Waals surface area contributed by atoms with E-state index in [0.29, 0.717) is 12.5 Å². The number of aromatic nitrogens is 2. The summed E-state index contributed by atoms with van der Waals surface area (Å²) in [6.07, 6.45) is 6.48. The molecule has 0 spiro atoms. The predicted molar refractivity (Wildman–Crippen MR) is 92.7 cm³/mol. The standard InChI is InChI=1S/C18H25N5O/c24-18(22-6-3-4-7-22)15-21-11-9-20(10-12-21)13-16-14-23-8-2-1-5-17(23)19-16/h1-2,5,8,14H,3-4,6-7,9-13,15H2. The molecule has 2 aliphatic heterocycles. The number of pyridine rings is 1. The molecular formula is C18H25N5O. The molecule has 2 saturated heterocycles. The predicted octanol–water partition coefficient (Wildman–Crippen LogP) is 1.07. The Morgan fingerprint density at radius 2 is 1.75 bits per heavy atom. The zero-order valence-electron chi connectivity index (χ0n) is 14.1. The fraction of sp³-hybridized carbons (Fsp3) is 0.556. The van der Waals surface area contributed by atoms with Gasteiger partial charge < -0.3 is 9.30 Å². The van der Waals surface area contributed by atoms with Crippen molar-refractivity contribution < 1.29 is 4.79 Å². The smallest absolute Gasteiger partial charge is 0.236 e. The fourth-order valence-electron chi connectivity index (χ4n) is 3.66. The number of carbonyl (C=O) groups is 1. The van der Waals surface area contributed by atoms with Crippen LogP contribution >= 0.6 is 0 Å². The SMILES string of the molecule is O=C(CN1CCN(Cc2cn3ccccc3n2)CC1)N1CCCC1. The quantitative estimate of drug-likeness (QED) is 0.843. The summed E-state index contributed by atoms with van der Waals surface area (Å²) >= 11 is 0. The van der Waals surface area contributed by atoms with Gasteiger partial charge >= 0.3 is 0 Å². The Hall–Kier alpha value is -1.92. The van der Waals surface area contributed by atoms with Crippen LogP contribution < -0.4 is 0 Å². The molecule has 1 amide bonds. The summed E-state index contributed by atoms with van der Waals surface area (Å²) in [4.78, 5) is 23.7. The van der Waals surface area contributed by atoms with Gasteiger partial charge in [0.2, 0.25) is 5.91 Å². The normalized spacial score (nSPS) is 20.1. The van der Waals surface area contributed by atoms with Crippen molar-refractivity contribution in [1.29, 1.82) is 0 Å². The molecule has 0 saturated carbocycles. The largest absolute Gasteiger partial charge is 0.342 e. The zero-order chi connectivity index (χ0) is 16.4. The van der Waals surface area contributed by atoms with Gasteiger partial charge in [0.15, 0.2) is 0 Å². The minimum atomic E-state index is 0.307. The second-order valence-electron chi connectivity index (χ2n) is 6.84. The monoisotopic (exact) mass is 327 g/mol. The Morgan fingerprint density at radius 1 is 1.00 bits per heavy atom. The molecule has 0 aliphatic carbocycles. The van der Waals surface area contributed by atoms with Crippen molar-refractivity contribution >= 4 is 11.6 Å². The van der Waals surface area contributed by atoms with E-state index in [0.717, 1.165) is 57.2 Å². The summed E-state index contributed by atoms with van der Waals surface area (Å²) < 4.78 is 2.07. The molecule has 24 heavy (non-hydrogen) atoms. The Kier molecular flexibility index (Phi) is 4.49. The Labute approximate surface area is 142 Å². The number of amides is 1. The number of hydrogen-bond donors (Lipinski definition) is 0. The maximum atomic E-state index is 12.2. The number of likely N-dealkylation sites (tertiary alicyclic amines) is 1. The molecule has 0 bridgehead atoms. The molecule has 6 nitrogen and oxygen atoms in total. The van der Waals surface area contributed by atoms with E-state index >= 15 is 0 Å². The van der Waals surface area contributed by atoms with Crippen LogP contribution in [-0.4, -0.2) is 75.8 Å². The highest BCUT2D eigenvalue weighted by Crippen LogP contribution is 2.12. The number of imidazole rings is 1. The zero-order valence-corrected chi connectivity index (χ0v) is 14.1. The van der Waals surface area contributed by atoms with Gasteiger partial charge in [-0.15, -0.1) is 0 Å². The molecule has 4 heterocycles. The molecule has 2 aromatic heterocycles. The summed E-state index contributed by atoms with van der Waals surface area (Å²) in [5.74, 6) is 0.307. The van der Waals surface area contributed by atoms with Crippen LogP contribution in [0.3, 0.4) is 0 Å². The second kappa shape index (κ2) is 6.91. The molecule has 0 radical (unpaired) electrons. The number of hydrogen-bond acceptors (Lipinski definition) is 4. The highest BCUT2D eigenvalue weighted by molar-refractivity contribution is 5.78. The number of piperazine rings is 1. The minimum absolute atomic E-state index is 0.307. The third-order valence-corrected chi connectivity index (χ3v) is 5.08. The van der Waals surface area contributed by atoms with Gasteiger partial charge in [0.05, 0.1) is 12.2 Å². The molecule has 0 atom stereocenters. The highest BCUT2D eigenvalue weighted by Gasteiger charge is 2.23. The van der Waals surface area contributed by atoms with Gasteiger partial charge in [-0.2, -0.15) is 0 Å². The van der Waals surface area contributed by atoms with Crippen molar-refractivity contribution in [3.8, 4) is 0 Å². The van der Waals surface area contributed by atoms with Gasteiger partial charge in [-0.05, 0) is 25.0 Å². The average Bonchev–Trinajstić information content (AvgIpc) is 3.25. The van der Waals surface area contributed by atoms with Crippen LogP contribution in [0.15, 0.2) is 30.6 Å². The topological polar surface area (TPSA) is 44.1 Å². The van der Waals surface area contributed by atoms with Crippen molar-refractivity contribution in [2.45, 2.75) is 19.4 Å². The van der Waals surface area contributed by atoms with Gasteiger partial charge in [-0.1, -0.05) is 6.07 Å². The number of nitrogens with zero attached hydrogens (tertiary/aromatic N) is 5. The minimum Gasteiger partial charge on any atom is -0.342 e. The van der Waals surface area contributed by atoms with Crippen LogP contribution in [0, 0.1) is 0 Å². The van der Waals surface area contributed by atoms with E-state index in [2.05, 4.69) is 25.4 Å². The van der Waals surface area contributed by atoms with Gasteiger partial charge in [-0.3, -0.25) is 14.6 Å². The van der Waals surface area contributed by atoms with Gasteiger partial charge in [0.1, 0.15) is 5.65 Å². The van der Waals surface area contributed by atoms with Gasteiger partial charge in [0.25, 0.3) is 0 Å². The highest BCUT2D eigenvalue weighted by atomic mass is 16.2. The van der Waals surface area contributed by atoms with Crippen LogP contribution in [0.2, 0.25) is 0 Å². The van der Waals surface area contributed by atoms with E-state index in [1.165, 1.54) is 12.8 Å². The summed E-state index contributed by atoms with van der Waals surface area (Å²) in [5, 5.41) is 0. The van der Waals surface area contributed by atoms with Crippen LogP contribution in [0.5, 0.6) is 0 Å². The van der Waals surface area contributed by atoms with E-state index in [9.17, 15) is 4.79 Å². The molecule has 128 valence electrons. The number of rotatable bonds is 4. The van der Waals surface area contributed by atoms with Crippen molar-refractivity contribution in [3.05, 3.63) is 36.3 Å². The first-order valence-corrected chi connectivity index (χ1v) is 8.93. The molecular weight excluding hydrogens is 302 g/mol. The lowest BCUT2D eigenvalue weighted by Crippen LogP contribution is -2.49. The van der Waals surface area contributed by atoms with Gasteiger partial charge in [0, 0.05) is 58.2 Å². The summed E-state index contributed by atoms with van der Waals surface area (Å²) in [6.45, 7) is 7.30. The van der Waals surface area contributed by atoms with E-state index in [1.807, 2.05) is 29.3 Å². The first-order valence-electron chi connectivity index (χ1n) is 8.93. The number of carbonyl (C=O) groups excluding carboxylic acids is 1. The molecule has 0 N–H and O–H groups in total. The lowest BCUT2D eigenvalue weighted by atomic mass is 10.3. The van der Waals surface area contributed by atoms with Crippen molar-refractivity contribution in [3.63, 3.8) is 0 Å². The van der Waals surface area contributed by atoms with E-state index in [-0.39, 0.29) is 0 Å². The molecule has 4 rings (SSSR count). The van der Waals surface area contributed by atoms with E-state index < -0.39 is 0 Å². The first kappa shape index (κ1) is 15.6. The van der Waals surface area contributed by atoms with Crippen molar-refractivity contribution in [1.82, 2.24) is 24.1 Å². The summed E-state index contributed by atoms with van der Waals surface area (Å²) in [5.41, 5.74) is 2.12. The lowest BCUT2D eigenvalue weighted by Gasteiger charge is -2.34. The van der Waals surface area contributed by atoms with Crippen LogP contribution in [0.1, 0.15) is 18.5 Å². The molecule has 2 aromatic rings. The van der Waals surface area contributed by atoms with E-state index in [4.69, 9.17) is 0 Å². The Morgan fingerprint density at radius 3 is 2.50 bits per heavy atom. The molecule has 2 fully saturated rings. The Balaban J connectivity index is 1.27. The fourth-order valence-corrected chi connectivity index (χ4v) is 3.66. The van der Waals surface area contributed by atoms with Crippen molar-refractivity contribution in [2.75, 3.05) is 45.8 Å². The number of fused-ring (bicyclic) bond motifs is 1. The first-order chi connectivity index (χ1) is 11.8. The lowest BCUT2D eigenvalue weighted by molar-refractivity contribution is -0.131. The summed E-state index contributed by atoms with van der Waals surface area (Å²) in [6, 6.07) is 6.07.